The molecule has 0 aromatic heterocycles. The normalized spacial score (nSPS) is 18.7. The van der Waals surface area contributed by atoms with Crippen LogP contribution in [-0.4, -0.2) is 76.6 Å². The third-order valence-electron chi connectivity index (χ3n) is 5.37. The van der Waals surface area contributed by atoms with Gasteiger partial charge in [-0.15, -0.1) is 0 Å². The van der Waals surface area contributed by atoms with Gasteiger partial charge in [0.15, 0.2) is 0 Å². The summed E-state index contributed by atoms with van der Waals surface area (Å²) in [5, 5.41) is 29.6. The van der Waals surface area contributed by atoms with Crippen LogP contribution in [0.3, 0.4) is 0 Å². The number of nitrogens with two attached hydrogens (primary N) is 1. The van der Waals surface area contributed by atoms with Gasteiger partial charge < -0.3 is 37.2 Å². The summed E-state index contributed by atoms with van der Waals surface area (Å²) in [5.74, 6) is -4.56. The Morgan fingerprint density at radius 1 is 1.06 bits per heavy atom. The number of carbonyl (C=O) groups excluding carboxylic acids is 4. The first-order valence-corrected chi connectivity index (χ1v) is 11.0. The second-order valence-electron chi connectivity index (χ2n) is 8.20. The lowest BCUT2D eigenvalue weighted by atomic mass is 10.0. The van der Waals surface area contributed by atoms with Gasteiger partial charge in [-0.25, -0.2) is 4.79 Å². The van der Waals surface area contributed by atoms with Crippen LogP contribution in [0, 0.1) is 0 Å². The van der Waals surface area contributed by atoms with Crippen molar-refractivity contribution in [3.8, 4) is 0 Å². The molecule has 0 aliphatic carbocycles. The van der Waals surface area contributed by atoms with Crippen molar-refractivity contribution in [1.29, 1.82) is 0 Å². The molecule has 34 heavy (non-hydrogen) atoms. The molecule has 1 saturated heterocycles. The van der Waals surface area contributed by atoms with E-state index < -0.39 is 66.3 Å². The van der Waals surface area contributed by atoms with Gasteiger partial charge in [0, 0.05) is 6.42 Å². The summed E-state index contributed by atoms with van der Waals surface area (Å²) in [6.07, 6.45) is -0.588. The Kier molecular flexibility index (Phi) is 9.95. The molecule has 0 saturated carbocycles. The highest BCUT2D eigenvalue weighted by Crippen LogP contribution is 2.07. The molecule has 0 bridgehead atoms. The van der Waals surface area contributed by atoms with Crippen molar-refractivity contribution < 1.29 is 34.2 Å². The topological polar surface area (TPSA) is 200 Å². The third-order valence-corrected chi connectivity index (χ3v) is 5.37. The molecule has 5 atom stereocenters. The lowest BCUT2D eigenvalue weighted by Crippen LogP contribution is -2.60. The minimum atomic E-state index is -1.51. The average molecular weight is 478 g/mol. The van der Waals surface area contributed by atoms with Gasteiger partial charge in [0.2, 0.25) is 23.6 Å². The Bertz CT molecular complexity index is 887. The first-order valence-electron chi connectivity index (χ1n) is 11.0. The Morgan fingerprint density at radius 3 is 2.24 bits per heavy atom. The van der Waals surface area contributed by atoms with Crippen molar-refractivity contribution in [2.45, 2.75) is 62.9 Å². The number of aliphatic carboxylic acids is 1. The van der Waals surface area contributed by atoms with Crippen molar-refractivity contribution in [2.24, 2.45) is 5.73 Å². The zero-order valence-electron chi connectivity index (χ0n) is 18.8. The maximum Gasteiger partial charge on any atom is 0.326 e. The number of primary amides is 1. The number of rotatable bonds is 12. The second-order valence-corrected chi connectivity index (χ2v) is 8.20. The van der Waals surface area contributed by atoms with Crippen molar-refractivity contribution in [3.05, 3.63) is 35.9 Å². The van der Waals surface area contributed by atoms with Gasteiger partial charge in [0.1, 0.15) is 18.1 Å². The van der Waals surface area contributed by atoms with E-state index in [2.05, 4.69) is 21.3 Å². The Morgan fingerprint density at radius 2 is 1.71 bits per heavy atom. The average Bonchev–Trinajstić information content (AvgIpc) is 3.31. The third kappa shape index (κ3) is 8.12. The number of nitrogens with one attached hydrogen (secondary N) is 4. The molecule has 0 radical (unpaired) electrons. The molecule has 186 valence electrons. The molecule has 1 aliphatic rings. The van der Waals surface area contributed by atoms with Crippen molar-refractivity contribution in [3.63, 3.8) is 0 Å². The van der Waals surface area contributed by atoms with E-state index in [0.717, 1.165) is 6.42 Å². The van der Waals surface area contributed by atoms with E-state index in [4.69, 9.17) is 5.73 Å². The molecule has 0 spiro atoms. The molecule has 12 nitrogen and oxygen atoms in total. The number of hydrogen-bond acceptors (Lipinski definition) is 7. The zero-order valence-corrected chi connectivity index (χ0v) is 18.8. The fourth-order valence-electron chi connectivity index (χ4n) is 3.56. The SMILES string of the molecule is CC(O)C(NC(=O)C1CCCN1)C(=O)NC(CC(N)=O)C(=O)NC(Cc1ccccc1)C(=O)O. The number of carboxylic acid groups (broad SMARTS) is 1. The molecule has 1 heterocycles. The van der Waals surface area contributed by atoms with Crippen LogP contribution in [0.5, 0.6) is 0 Å². The molecule has 1 aliphatic heterocycles. The fraction of sp³-hybridized carbons (Fsp3) is 0.500. The fourth-order valence-corrected chi connectivity index (χ4v) is 3.56. The van der Waals surface area contributed by atoms with E-state index in [9.17, 15) is 34.2 Å². The van der Waals surface area contributed by atoms with Gasteiger partial charge in [-0.3, -0.25) is 19.2 Å². The number of aliphatic hydroxyl groups excluding tert-OH is 1. The monoisotopic (exact) mass is 477 g/mol. The van der Waals surface area contributed by atoms with E-state index in [1.807, 2.05) is 0 Å². The summed E-state index contributed by atoms with van der Waals surface area (Å²) < 4.78 is 0. The first kappa shape index (κ1) is 26.7. The van der Waals surface area contributed by atoms with Crippen LogP contribution in [0.2, 0.25) is 0 Å². The van der Waals surface area contributed by atoms with E-state index in [1.54, 1.807) is 30.3 Å². The van der Waals surface area contributed by atoms with Crippen LogP contribution in [-0.2, 0) is 30.4 Å². The van der Waals surface area contributed by atoms with E-state index >= 15 is 0 Å². The van der Waals surface area contributed by atoms with Gasteiger partial charge in [-0.1, -0.05) is 30.3 Å². The predicted molar refractivity (Wildman–Crippen MR) is 120 cm³/mol. The van der Waals surface area contributed by atoms with Crippen LogP contribution in [0.15, 0.2) is 30.3 Å². The molecule has 2 rings (SSSR count). The van der Waals surface area contributed by atoms with Crippen LogP contribution in [0.4, 0.5) is 0 Å². The number of aliphatic hydroxyl groups is 1. The standard InChI is InChI=1S/C22H31N5O7/c1-12(28)18(27-19(30)14-8-5-9-24-14)21(32)25-15(11-17(23)29)20(31)26-16(22(33)34)10-13-6-3-2-4-7-13/h2-4,6-7,12,14-16,18,24,28H,5,8-11H2,1H3,(H2,23,29)(H,25,32)(H,26,31)(H,27,30)(H,33,34). The summed E-state index contributed by atoms with van der Waals surface area (Å²) >= 11 is 0. The molecule has 8 N–H and O–H groups in total. The molecule has 4 amide bonds. The molecular weight excluding hydrogens is 446 g/mol. The summed E-state index contributed by atoms with van der Waals surface area (Å²) in [7, 11) is 0. The van der Waals surface area contributed by atoms with Crippen molar-refractivity contribution in [1.82, 2.24) is 21.3 Å². The summed E-state index contributed by atoms with van der Waals surface area (Å²) in [5.41, 5.74) is 5.86. The lowest BCUT2D eigenvalue weighted by Gasteiger charge is -2.26. The Balaban J connectivity index is 2.10. The molecule has 1 aromatic rings. The lowest BCUT2D eigenvalue weighted by molar-refractivity contribution is -0.142. The molecule has 1 aromatic carbocycles. The zero-order chi connectivity index (χ0) is 25.3. The smallest absolute Gasteiger partial charge is 0.326 e. The predicted octanol–water partition coefficient (Wildman–Crippen LogP) is -2.22. The molecule has 1 fully saturated rings. The highest BCUT2D eigenvalue weighted by molar-refractivity contribution is 5.96. The minimum Gasteiger partial charge on any atom is -0.480 e. The van der Waals surface area contributed by atoms with E-state index in [1.165, 1.54) is 6.92 Å². The number of hydrogen-bond donors (Lipinski definition) is 7. The summed E-state index contributed by atoms with van der Waals surface area (Å²) in [4.78, 5) is 61.1. The number of carbonyl (C=O) groups is 5. The summed E-state index contributed by atoms with van der Waals surface area (Å²) in [6.45, 7) is 1.94. The van der Waals surface area contributed by atoms with Crippen LogP contribution in [0.1, 0.15) is 31.7 Å². The maximum atomic E-state index is 12.8. The van der Waals surface area contributed by atoms with Crippen LogP contribution in [0.25, 0.3) is 0 Å². The van der Waals surface area contributed by atoms with E-state index in [0.29, 0.717) is 18.5 Å². The first-order chi connectivity index (χ1) is 16.1. The van der Waals surface area contributed by atoms with Crippen LogP contribution < -0.4 is 27.0 Å². The minimum absolute atomic E-state index is 0.0279. The van der Waals surface area contributed by atoms with Gasteiger partial charge in [-0.05, 0) is 31.9 Å². The number of benzene rings is 1. The highest BCUT2D eigenvalue weighted by Gasteiger charge is 2.34. The van der Waals surface area contributed by atoms with Crippen LogP contribution >= 0.6 is 0 Å². The van der Waals surface area contributed by atoms with Gasteiger partial charge >= 0.3 is 5.97 Å². The van der Waals surface area contributed by atoms with Crippen molar-refractivity contribution >= 4 is 29.6 Å². The van der Waals surface area contributed by atoms with Gasteiger partial charge in [0.05, 0.1) is 18.6 Å². The number of carboxylic acids is 1. The van der Waals surface area contributed by atoms with Crippen molar-refractivity contribution in [2.75, 3.05) is 6.54 Å². The summed E-state index contributed by atoms with van der Waals surface area (Å²) in [6, 6.07) is 3.84. The Labute approximate surface area is 196 Å². The second kappa shape index (κ2) is 12.7. The Hall–Kier alpha value is -3.51. The number of amides is 4. The van der Waals surface area contributed by atoms with Gasteiger partial charge in [-0.2, -0.15) is 0 Å². The highest BCUT2D eigenvalue weighted by atomic mass is 16.4. The largest absolute Gasteiger partial charge is 0.480 e. The maximum absolute atomic E-state index is 12.8. The molecule has 5 unspecified atom stereocenters. The quantitative estimate of drug-likeness (QED) is 0.175. The molecular formula is C22H31N5O7. The molecule has 12 heteroatoms. The van der Waals surface area contributed by atoms with Gasteiger partial charge in [0.25, 0.3) is 0 Å². The van der Waals surface area contributed by atoms with E-state index in [-0.39, 0.29) is 6.42 Å².